The highest BCUT2D eigenvalue weighted by Gasteiger charge is 2.09. The Morgan fingerprint density at radius 3 is 2.93 bits per heavy atom. The van der Waals surface area contributed by atoms with Crippen molar-refractivity contribution in [2.75, 3.05) is 12.3 Å². The second-order valence-electron chi connectivity index (χ2n) is 3.48. The van der Waals surface area contributed by atoms with Crippen LogP contribution in [0.15, 0.2) is 22.8 Å². The third-order valence-electron chi connectivity index (χ3n) is 1.77. The molecule has 3 nitrogen and oxygen atoms in total. The predicted molar refractivity (Wildman–Crippen MR) is 58.6 cm³/mol. The minimum Gasteiger partial charge on any atom is -0.616 e. The topological polar surface area (TPSA) is 48.2 Å². The van der Waals surface area contributed by atoms with Gasteiger partial charge in [-0.2, -0.15) is 0 Å². The standard InChI is InChI=1S/C10H17NO2S/c1-9(2)11-5-7-14(12)8-10-4-3-6-13-10/h3-4,6,9,11H,5,7-8H2,1-2H3. The Morgan fingerprint density at radius 2 is 2.36 bits per heavy atom. The Kier molecular flexibility index (Phi) is 5.07. The van der Waals surface area contributed by atoms with E-state index >= 15 is 0 Å². The first kappa shape index (κ1) is 11.6. The highest BCUT2D eigenvalue weighted by atomic mass is 32.2. The zero-order valence-electron chi connectivity index (χ0n) is 8.66. The van der Waals surface area contributed by atoms with Gasteiger partial charge in [0.25, 0.3) is 0 Å². The maximum absolute atomic E-state index is 11.5. The van der Waals surface area contributed by atoms with Crippen LogP contribution in [-0.2, 0) is 16.9 Å². The molecule has 1 rings (SSSR count). The lowest BCUT2D eigenvalue weighted by Crippen LogP contribution is -2.29. The smallest absolute Gasteiger partial charge is 0.162 e. The first-order chi connectivity index (χ1) is 6.68. The van der Waals surface area contributed by atoms with Crippen LogP contribution in [-0.4, -0.2) is 22.9 Å². The average Bonchev–Trinajstić information content (AvgIpc) is 2.56. The minimum atomic E-state index is -0.822. The molecule has 0 amide bonds. The van der Waals surface area contributed by atoms with Crippen LogP contribution in [0.3, 0.4) is 0 Å². The van der Waals surface area contributed by atoms with Crippen molar-refractivity contribution in [2.45, 2.75) is 25.6 Å². The van der Waals surface area contributed by atoms with Gasteiger partial charge in [-0.05, 0) is 23.3 Å². The lowest BCUT2D eigenvalue weighted by molar-refractivity contribution is 0.519. The van der Waals surface area contributed by atoms with E-state index in [0.29, 0.717) is 17.5 Å². The van der Waals surface area contributed by atoms with Gasteiger partial charge >= 0.3 is 0 Å². The van der Waals surface area contributed by atoms with Crippen LogP contribution >= 0.6 is 0 Å². The van der Waals surface area contributed by atoms with E-state index in [1.54, 1.807) is 6.26 Å². The fourth-order valence-corrected chi connectivity index (χ4v) is 2.06. The zero-order valence-corrected chi connectivity index (χ0v) is 9.47. The van der Waals surface area contributed by atoms with Crippen LogP contribution in [0.4, 0.5) is 0 Å². The van der Waals surface area contributed by atoms with E-state index < -0.39 is 11.2 Å². The number of furan rings is 1. The summed E-state index contributed by atoms with van der Waals surface area (Å²) in [4.78, 5) is 0. The van der Waals surface area contributed by atoms with Crippen molar-refractivity contribution in [3.8, 4) is 0 Å². The molecule has 0 fully saturated rings. The molecule has 0 radical (unpaired) electrons. The molecule has 1 atom stereocenters. The quantitative estimate of drug-likeness (QED) is 0.732. The molecule has 1 unspecified atom stereocenters. The van der Waals surface area contributed by atoms with Crippen LogP contribution < -0.4 is 5.32 Å². The number of hydrogen-bond donors (Lipinski definition) is 1. The number of hydrogen-bond acceptors (Lipinski definition) is 3. The molecule has 1 N–H and O–H groups in total. The maximum atomic E-state index is 11.5. The van der Waals surface area contributed by atoms with Crippen molar-refractivity contribution in [1.82, 2.24) is 5.32 Å². The molecule has 4 heteroatoms. The molecule has 80 valence electrons. The van der Waals surface area contributed by atoms with E-state index in [2.05, 4.69) is 19.2 Å². The van der Waals surface area contributed by atoms with E-state index in [9.17, 15) is 4.55 Å². The molecule has 0 spiro atoms. The van der Waals surface area contributed by atoms with Crippen molar-refractivity contribution in [3.05, 3.63) is 24.2 Å². The summed E-state index contributed by atoms with van der Waals surface area (Å²) < 4.78 is 16.6. The Balaban J connectivity index is 2.13. The van der Waals surface area contributed by atoms with E-state index in [0.717, 1.165) is 12.3 Å². The summed E-state index contributed by atoms with van der Waals surface area (Å²) in [6.45, 7) is 4.95. The third-order valence-corrected chi connectivity index (χ3v) is 3.03. The summed E-state index contributed by atoms with van der Waals surface area (Å²) in [6.07, 6.45) is 1.61. The first-order valence-corrected chi connectivity index (χ1v) is 6.28. The van der Waals surface area contributed by atoms with Crippen LogP contribution in [0.5, 0.6) is 0 Å². The third kappa shape index (κ3) is 4.69. The van der Waals surface area contributed by atoms with Gasteiger partial charge in [0.2, 0.25) is 0 Å². The van der Waals surface area contributed by atoms with Gasteiger partial charge < -0.3 is 14.3 Å². The first-order valence-electron chi connectivity index (χ1n) is 4.79. The van der Waals surface area contributed by atoms with Gasteiger partial charge in [0.1, 0.15) is 5.75 Å². The summed E-state index contributed by atoms with van der Waals surface area (Å²) in [5, 5.41) is 3.23. The molecule has 1 aromatic rings. The molecule has 0 aliphatic carbocycles. The summed E-state index contributed by atoms with van der Waals surface area (Å²) in [6, 6.07) is 4.13. The molecule has 0 saturated heterocycles. The Morgan fingerprint density at radius 1 is 1.57 bits per heavy atom. The fraction of sp³-hybridized carbons (Fsp3) is 0.600. The number of nitrogens with one attached hydrogen (secondary N) is 1. The molecule has 0 saturated carbocycles. The highest BCUT2D eigenvalue weighted by Crippen LogP contribution is 2.06. The van der Waals surface area contributed by atoms with Crippen molar-refractivity contribution in [1.29, 1.82) is 0 Å². The zero-order chi connectivity index (χ0) is 10.4. The van der Waals surface area contributed by atoms with Gasteiger partial charge in [-0.1, -0.05) is 13.8 Å². The van der Waals surface area contributed by atoms with Crippen LogP contribution in [0, 0.1) is 0 Å². The summed E-state index contributed by atoms with van der Waals surface area (Å²) >= 11 is -0.822. The van der Waals surface area contributed by atoms with Crippen LogP contribution in [0.25, 0.3) is 0 Å². The molecule has 0 bridgehead atoms. The fourth-order valence-electron chi connectivity index (χ4n) is 1.09. The Hall–Kier alpha value is -0.450. The lowest BCUT2D eigenvalue weighted by atomic mass is 10.4. The maximum Gasteiger partial charge on any atom is 0.162 e. The van der Waals surface area contributed by atoms with E-state index in [4.69, 9.17) is 4.42 Å². The van der Waals surface area contributed by atoms with E-state index in [-0.39, 0.29) is 0 Å². The molecule has 0 aromatic carbocycles. The van der Waals surface area contributed by atoms with E-state index in [1.165, 1.54) is 0 Å². The number of rotatable bonds is 6. The summed E-state index contributed by atoms with van der Waals surface area (Å²) in [7, 11) is 0. The Labute approximate surface area is 88.1 Å². The van der Waals surface area contributed by atoms with Crippen LogP contribution in [0.2, 0.25) is 0 Å². The van der Waals surface area contributed by atoms with E-state index in [1.807, 2.05) is 12.1 Å². The monoisotopic (exact) mass is 215 g/mol. The average molecular weight is 215 g/mol. The van der Waals surface area contributed by atoms with Gasteiger partial charge in [-0.25, -0.2) is 0 Å². The molecule has 1 aromatic heterocycles. The second kappa shape index (κ2) is 6.11. The molecule has 1 heterocycles. The Bertz CT molecular complexity index is 236. The van der Waals surface area contributed by atoms with Gasteiger partial charge in [0.05, 0.1) is 6.26 Å². The van der Waals surface area contributed by atoms with Crippen molar-refractivity contribution in [3.63, 3.8) is 0 Å². The highest BCUT2D eigenvalue weighted by molar-refractivity contribution is 7.90. The van der Waals surface area contributed by atoms with Gasteiger partial charge in [-0.3, -0.25) is 0 Å². The van der Waals surface area contributed by atoms with Gasteiger partial charge in [-0.15, -0.1) is 0 Å². The van der Waals surface area contributed by atoms with Gasteiger partial charge in [0, 0.05) is 12.6 Å². The van der Waals surface area contributed by atoms with Crippen molar-refractivity contribution in [2.24, 2.45) is 0 Å². The molecular weight excluding hydrogens is 198 g/mol. The predicted octanol–water partition coefficient (Wildman–Crippen LogP) is 1.53. The van der Waals surface area contributed by atoms with Crippen molar-refractivity contribution >= 4 is 11.2 Å². The largest absolute Gasteiger partial charge is 0.616 e. The summed E-state index contributed by atoms with van der Waals surface area (Å²) in [5.41, 5.74) is 0. The second-order valence-corrected chi connectivity index (χ2v) is 5.05. The molecule has 0 aliphatic heterocycles. The molecule has 14 heavy (non-hydrogen) atoms. The lowest BCUT2D eigenvalue weighted by Gasteiger charge is -2.11. The minimum absolute atomic E-state index is 0.454. The molecular formula is C10H17NO2S. The van der Waals surface area contributed by atoms with Gasteiger partial charge in [0.15, 0.2) is 11.5 Å². The van der Waals surface area contributed by atoms with Crippen molar-refractivity contribution < 1.29 is 8.97 Å². The normalized spacial score (nSPS) is 13.4. The summed E-state index contributed by atoms with van der Waals surface area (Å²) in [5.74, 6) is 2.00. The molecule has 0 aliphatic rings. The van der Waals surface area contributed by atoms with Crippen LogP contribution in [0.1, 0.15) is 19.6 Å². The SMILES string of the molecule is CC(C)NCC[S+]([O-])Cc1ccco1.